The summed E-state index contributed by atoms with van der Waals surface area (Å²) in [6, 6.07) is 41.4. The predicted molar refractivity (Wildman–Crippen MR) is 194 cm³/mol. The molecule has 0 amide bonds. The van der Waals surface area contributed by atoms with Crippen LogP contribution in [0.4, 0.5) is 0 Å². The molecule has 0 radical (unpaired) electrons. The lowest BCUT2D eigenvalue weighted by Crippen LogP contribution is -2.28. The normalized spacial score (nSPS) is 11.6. The standard InChI is InChI=1S/C42H39N3O4/c1-3-4-5-12-17-38(42(47)48-2)49-35-26-27-36(37(46)28-35)41-44-39(33-22-18-31(19-23-33)29-13-8-6-9-14-29)43-40(45-41)34-24-20-32(21-25-34)30-15-10-7-11-16-30/h6-11,13-16,18-28,38,46H,3-5,12,17H2,1-2H3. The molecular formula is C42H39N3O4. The fourth-order valence-corrected chi connectivity index (χ4v) is 5.69. The van der Waals surface area contributed by atoms with Gasteiger partial charge in [-0.3, -0.25) is 0 Å². The molecule has 0 bridgehead atoms. The van der Waals surface area contributed by atoms with Crippen LogP contribution in [0.25, 0.3) is 56.4 Å². The number of hydrogen-bond acceptors (Lipinski definition) is 7. The number of phenols is 1. The van der Waals surface area contributed by atoms with Gasteiger partial charge in [-0.2, -0.15) is 0 Å². The first-order chi connectivity index (χ1) is 24.0. The number of aromatic nitrogens is 3. The van der Waals surface area contributed by atoms with E-state index in [0.717, 1.165) is 59.1 Å². The number of esters is 1. The van der Waals surface area contributed by atoms with Gasteiger partial charge >= 0.3 is 5.97 Å². The quantitative estimate of drug-likeness (QED) is 0.0983. The summed E-state index contributed by atoms with van der Waals surface area (Å²) in [7, 11) is 1.35. The first-order valence-electron chi connectivity index (χ1n) is 16.7. The molecule has 5 aromatic carbocycles. The Balaban J connectivity index is 1.34. The molecule has 49 heavy (non-hydrogen) atoms. The minimum Gasteiger partial charge on any atom is -0.507 e. The Hall–Kier alpha value is -5.82. The van der Waals surface area contributed by atoms with Crippen molar-refractivity contribution in [3.05, 3.63) is 127 Å². The lowest BCUT2D eigenvalue weighted by molar-refractivity contribution is -0.149. The van der Waals surface area contributed by atoms with Crippen LogP contribution in [-0.2, 0) is 9.53 Å². The molecule has 0 aliphatic carbocycles. The lowest BCUT2D eigenvalue weighted by atomic mass is 10.0. The van der Waals surface area contributed by atoms with E-state index in [2.05, 4.69) is 31.2 Å². The second-order valence-corrected chi connectivity index (χ2v) is 11.9. The molecule has 0 spiro atoms. The van der Waals surface area contributed by atoms with Gasteiger partial charge in [-0.25, -0.2) is 19.7 Å². The van der Waals surface area contributed by atoms with Gasteiger partial charge in [0.1, 0.15) is 11.5 Å². The lowest BCUT2D eigenvalue weighted by Gasteiger charge is -2.17. The number of hydrogen-bond donors (Lipinski definition) is 1. The van der Waals surface area contributed by atoms with Crippen LogP contribution in [0.2, 0.25) is 0 Å². The van der Waals surface area contributed by atoms with E-state index in [9.17, 15) is 9.90 Å². The highest BCUT2D eigenvalue weighted by molar-refractivity contribution is 5.76. The number of aromatic hydroxyl groups is 1. The van der Waals surface area contributed by atoms with Crippen molar-refractivity contribution in [1.82, 2.24) is 15.0 Å². The van der Waals surface area contributed by atoms with E-state index in [-0.39, 0.29) is 5.75 Å². The molecule has 7 nitrogen and oxygen atoms in total. The summed E-state index contributed by atoms with van der Waals surface area (Å²) < 4.78 is 11.0. The Morgan fingerprint density at radius 2 is 1.10 bits per heavy atom. The predicted octanol–water partition coefficient (Wildman–Crippen LogP) is 9.80. The van der Waals surface area contributed by atoms with Gasteiger partial charge in [-0.15, -0.1) is 0 Å². The zero-order valence-electron chi connectivity index (χ0n) is 27.8. The van der Waals surface area contributed by atoms with Crippen molar-refractivity contribution in [3.8, 4) is 67.9 Å². The van der Waals surface area contributed by atoms with E-state index < -0.39 is 12.1 Å². The van der Waals surface area contributed by atoms with Crippen LogP contribution in [0, 0.1) is 0 Å². The van der Waals surface area contributed by atoms with E-state index in [1.807, 2.05) is 84.9 Å². The number of benzene rings is 5. The number of rotatable bonds is 13. The molecule has 6 aromatic rings. The van der Waals surface area contributed by atoms with Crippen LogP contribution in [0.15, 0.2) is 127 Å². The van der Waals surface area contributed by atoms with E-state index in [0.29, 0.717) is 35.2 Å². The van der Waals surface area contributed by atoms with Gasteiger partial charge in [0.15, 0.2) is 23.6 Å². The molecule has 1 aromatic heterocycles. The molecule has 0 saturated heterocycles. The second-order valence-electron chi connectivity index (χ2n) is 11.9. The zero-order valence-corrected chi connectivity index (χ0v) is 27.8. The number of methoxy groups -OCH3 is 1. The van der Waals surface area contributed by atoms with Crippen LogP contribution in [-0.4, -0.2) is 39.2 Å². The van der Waals surface area contributed by atoms with Crippen LogP contribution < -0.4 is 4.74 Å². The highest BCUT2D eigenvalue weighted by Crippen LogP contribution is 2.34. The number of nitrogens with zero attached hydrogens (tertiary/aromatic N) is 3. The molecule has 1 N–H and O–H groups in total. The summed E-state index contributed by atoms with van der Waals surface area (Å²) in [6.07, 6.45) is 3.80. The molecule has 246 valence electrons. The van der Waals surface area contributed by atoms with Crippen molar-refractivity contribution >= 4 is 5.97 Å². The second kappa shape index (κ2) is 15.8. The van der Waals surface area contributed by atoms with Gasteiger partial charge in [0.2, 0.25) is 0 Å². The summed E-state index contributed by atoms with van der Waals surface area (Å²) in [6.45, 7) is 2.14. The number of ether oxygens (including phenoxy) is 2. The Morgan fingerprint density at radius 1 is 0.612 bits per heavy atom. The molecule has 6 rings (SSSR count). The summed E-state index contributed by atoms with van der Waals surface area (Å²) in [5, 5.41) is 11.3. The van der Waals surface area contributed by atoms with Gasteiger partial charge < -0.3 is 14.6 Å². The molecule has 1 unspecified atom stereocenters. The van der Waals surface area contributed by atoms with Crippen LogP contribution in [0.1, 0.15) is 39.0 Å². The van der Waals surface area contributed by atoms with E-state index in [4.69, 9.17) is 24.4 Å². The van der Waals surface area contributed by atoms with Gasteiger partial charge in [-0.1, -0.05) is 135 Å². The fraction of sp³-hybridized carbons (Fsp3) is 0.190. The number of carbonyl (C=O) groups is 1. The number of unbranched alkanes of at least 4 members (excludes halogenated alkanes) is 3. The Kier molecular flexibility index (Phi) is 10.7. The summed E-state index contributed by atoms with van der Waals surface area (Å²) >= 11 is 0. The fourth-order valence-electron chi connectivity index (χ4n) is 5.69. The summed E-state index contributed by atoms with van der Waals surface area (Å²) in [5.41, 5.74) is 6.44. The smallest absolute Gasteiger partial charge is 0.347 e. The first-order valence-corrected chi connectivity index (χ1v) is 16.7. The average Bonchev–Trinajstić information content (AvgIpc) is 3.16. The van der Waals surface area contributed by atoms with Crippen molar-refractivity contribution in [3.63, 3.8) is 0 Å². The van der Waals surface area contributed by atoms with Gasteiger partial charge in [-0.05, 0) is 47.2 Å². The highest BCUT2D eigenvalue weighted by Gasteiger charge is 2.22. The monoisotopic (exact) mass is 649 g/mol. The molecule has 1 heterocycles. The van der Waals surface area contributed by atoms with Crippen molar-refractivity contribution in [2.75, 3.05) is 7.11 Å². The topological polar surface area (TPSA) is 94.4 Å². The van der Waals surface area contributed by atoms with Crippen LogP contribution >= 0.6 is 0 Å². The van der Waals surface area contributed by atoms with Crippen molar-refractivity contribution in [1.29, 1.82) is 0 Å². The maximum atomic E-state index is 12.5. The third kappa shape index (κ3) is 8.19. The van der Waals surface area contributed by atoms with E-state index in [1.165, 1.54) is 13.2 Å². The Bertz CT molecular complexity index is 1880. The van der Waals surface area contributed by atoms with E-state index >= 15 is 0 Å². The molecule has 0 aliphatic rings. The molecule has 1 atom stereocenters. The molecule has 7 heteroatoms. The number of phenolic OH excluding ortho intramolecular Hbond substituents is 1. The molecule has 0 fully saturated rings. The van der Waals surface area contributed by atoms with Gasteiger partial charge in [0, 0.05) is 17.2 Å². The van der Waals surface area contributed by atoms with Crippen molar-refractivity contribution in [2.24, 2.45) is 0 Å². The maximum Gasteiger partial charge on any atom is 0.347 e. The average molecular weight is 650 g/mol. The number of carbonyl (C=O) groups excluding carboxylic acids is 1. The molecular weight excluding hydrogens is 610 g/mol. The third-order valence-electron chi connectivity index (χ3n) is 8.41. The summed E-state index contributed by atoms with van der Waals surface area (Å²) in [4.78, 5) is 27.0. The minimum absolute atomic E-state index is 0.0750. The summed E-state index contributed by atoms with van der Waals surface area (Å²) in [5.74, 6) is 1.10. The largest absolute Gasteiger partial charge is 0.507 e. The van der Waals surface area contributed by atoms with Crippen LogP contribution in [0.3, 0.4) is 0 Å². The Labute approximate surface area is 287 Å². The molecule has 0 saturated carbocycles. The van der Waals surface area contributed by atoms with Crippen molar-refractivity contribution in [2.45, 2.75) is 45.1 Å². The maximum absolute atomic E-state index is 12.5. The Morgan fingerprint density at radius 3 is 1.59 bits per heavy atom. The van der Waals surface area contributed by atoms with Crippen LogP contribution in [0.5, 0.6) is 11.5 Å². The SMILES string of the molecule is CCCCCCC(Oc1ccc(-c2nc(-c3ccc(-c4ccccc4)cc3)nc(-c3ccc(-c4ccccc4)cc3)n2)c(O)c1)C(=O)OC. The zero-order chi connectivity index (χ0) is 34.0. The van der Waals surface area contributed by atoms with Gasteiger partial charge in [0.25, 0.3) is 0 Å². The van der Waals surface area contributed by atoms with Crippen molar-refractivity contribution < 1.29 is 19.4 Å². The highest BCUT2D eigenvalue weighted by atomic mass is 16.6. The minimum atomic E-state index is -0.764. The van der Waals surface area contributed by atoms with E-state index in [1.54, 1.807) is 12.1 Å². The molecule has 0 aliphatic heterocycles. The first kappa shape index (κ1) is 33.1. The van der Waals surface area contributed by atoms with Gasteiger partial charge in [0.05, 0.1) is 12.7 Å². The third-order valence-corrected chi connectivity index (χ3v) is 8.41.